The van der Waals surface area contributed by atoms with E-state index in [-0.39, 0.29) is 6.03 Å². The molecule has 2 N–H and O–H groups in total. The van der Waals surface area contributed by atoms with Crippen molar-refractivity contribution in [1.29, 1.82) is 0 Å². The molecule has 2 aromatic rings. The first kappa shape index (κ1) is 15.0. The van der Waals surface area contributed by atoms with E-state index in [0.29, 0.717) is 23.0 Å². The van der Waals surface area contributed by atoms with Gasteiger partial charge in [0.1, 0.15) is 17.2 Å². The van der Waals surface area contributed by atoms with Crippen LogP contribution in [0.25, 0.3) is 0 Å². The lowest BCUT2D eigenvalue weighted by Gasteiger charge is -2.16. The first-order valence-corrected chi connectivity index (χ1v) is 8.46. The Morgan fingerprint density at radius 1 is 1.25 bits per heavy atom. The van der Waals surface area contributed by atoms with Crippen molar-refractivity contribution in [2.75, 3.05) is 28.6 Å². The molecule has 2 amide bonds. The summed E-state index contributed by atoms with van der Waals surface area (Å²) in [5, 5.41) is 9.62. The lowest BCUT2D eigenvalue weighted by Crippen LogP contribution is -2.21. The van der Waals surface area contributed by atoms with Crippen molar-refractivity contribution in [1.82, 2.24) is 10.1 Å². The molecule has 1 aliphatic carbocycles. The van der Waals surface area contributed by atoms with Crippen molar-refractivity contribution in [3.05, 3.63) is 29.8 Å². The van der Waals surface area contributed by atoms with Crippen LogP contribution in [0.3, 0.4) is 0 Å². The Morgan fingerprint density at radius 2 is 2.04 bits per heavy atom. The van der Waals surface area contributed by atoms with E-state index in [4.69, 9.17) is 4.52 Å². The van der Waals surface area contributed by atoms with Gasteiger partial charge >= 0.3 is 6.03 Å². The van der Waals surface area contributed by atoms with Crippen LogP contribution in [0.2, 0.25) is 0 Å². The van der Waals surface area contributed by atoms with Crippen LogP contribution >= 0.6 is 0 Å². The van der Waals surface area contributed by atoms with Crippen molar-refractivity contribution in [2.45, 2.75) is 38.5 Å². The van der Waals surface area contributed by atoms with E-state index in [9.17, 15) is 4.79 Å². The Morgan fingerprint density at radius 3 is 2.71 bits per heavy atom. The quantitative estimate of drug-likeness (QED) is 0.898. The number of anilines is 3. The maximum Gasteiger partial charge on any atom is 0.323 e. The second-order valence-corrected chi connectivity index (χ2v) is 6.46. The van der Waals surface area contributed by atoms with Gasteiger partial charge in [-0.25, -0.2) is 9.78 Å². The molecule has 0 unspecified atom stereocenters. The minimum Gasteiger partial charge on any atom is -0.359 e. The van der Waals surface area contributed by atoms with Crippen molar-refractivity contribution in [2.24, 2.45) is 0 Å². The lowest BCUT2D eigenvalue weighted by molar-refractivity contribution is 0.262. The van der Waals surface area contributed by atoms with Gasteiger partial charge < -0.3 is 20.1 Å². The second kappa shape index (κ2) is 6.14. The molecule has 2 aromatic heterocycles. The van der Waals surface area contributed by atoms with E-state index >= 15 is 0 Å². The number of nitrogens with zero attached hydrogens (tertiary/aromatic N) is 3. The van der Waals surface area contributed by atoms with Crippen LogP contribution in [0, 0.1) is 6.92 Å². The van der Waals surface area contributed by atoms with Crippen LogP contribution in [0.4, 0.5) is 22.0 Å². The Bertz CT molecular complexity index is 730. The predicted octanol–water partition coefficient (Wildman–Crippen LogP) is 3.50. The highest BCUT2D eigenvalue weighted by Gasteiger charge is 2.32. The largest absolute Gasteiger partial charge is 0.359 e. The molecule has 0 aromatic carbocycles. The molecule has 2 fully saturated rings. The van der Waals surface area contributed by atoms with Crippen molar-refractivity contribution in [3.63, 3.8) is 0 Å². The molecule has 1 saturated carbocycles. The molecule has 0 radical (unpaired) electrons. The summed E-state index contributed by atoms with van der Waals surface area (Å²) in [6.07, 6.45) is 6.30. The van der Waals surface area contributed by atoms with Gasteiger partial charge in [-0.15, -0.1) is 0 Å². The summed E-state index contributed by atoms with van der Waals surface area (Å²) in [7, 11) is 0. The number of hydrogen-bond donors (Lipinski definition) is 2. The van der Waals surface area contributed by atoms with Crippen molar-refractivity contribution >= 4 is 23.2 Å². The number of nitrogens with one attached hydrogen (secondary N) is 2. The molecule has 0 spiro atoms. The molecule has 0 bridgehead atoms. The van der Waals surface area contributed by atoms with Gasteiger partial charge in [-0.3, -0.25) is 0 Å². The van der Waals surface area contributed by atoms with Crippen LogP contribution in [-0.4, -0.2) is 29.3 Å². The lowest BCUT2D eigenvalue weighted by atomic mass is 10.2. The van der Waals surface area contributed by atoms with E-state index in [1.807, 2.05) is 19.1 Å². The standard InChI is InChI=1S/C17H21N5O2/c1-11-15(16(24-21-11)12-4-5-12)20-17(23)19-13-6-7-14(18-10-13)22-8-2-3-9-22/h6-7,10,12H,2-5,8-9H2,1H3,(H2,19,20,23). The molecule has 24 heavy (non-hydrogen) atoms. The number of pyridine rings is 1. The molecular weight excluding hydrogens is 306 g/mol. The number of hydrogen-bond acceptors (Lipinski definition) is 5. The SMILES string of the molecule is Cc1noc(C2CC2)c1NC(=O)Nc1ccc(N2CCCC2)nc1. The zero-order valence-corrected chi connectivity index (χ0v) is 13.7. The van der Waals surface area contributed by atoms with Gasteiger partial charge in [0.2, 0.25) is 0 Å². The van der Waals surface area contributed by atoms with Gasteiger partial charge in [0, 0.05) is 19.0 Å². The molecule has 1 saturated heterocycles. The smallest absolute Gasteiger partial charge is 0.323 e. The highest BCUT2D eigenvalue weighted by molar-refractivity contribution is 6.00. The number of urea groups is 1. The van der Waals surface area contributed by atoms with Gasteiger partial charge in [0.05, 0.1) is 11.9 Å². The molecule has 7 heteroatoms. The molecule has 7 nitrogen and oxygen atoms in total. The van der Waals surface area contributed by atoms with E-state index in [0.717, 1.165) is 37.5 Å². The summed E-state index contributed by atoms with van der Waals surface area (Å²) in [6, 6.07) is 3.52. The third kappa shape index (κ3) is 3.06. The van der Waals surface area contributed by atoms with E-state index < -0.39 is 0 Å². The maximum atomic E-state index is 12.2. The zero-order chi connectivity index (χ0) is 16.5. The predicted molar refractivity (Wildman–Crippen MR) is 91.5 cm³/mol. The van der Waals surface area contributed by atoms with Crippen LogP contribution in [0.5, 0.6) is 0 Å². The molecule has 126 valence electrons. The summed E-state index contributed by atoms with van der Waals surface area (Å²) in [4.78, 5) is 18.9. The highest BCUT2D eigenvalue weighted by Crippen LogP contribution is 2.44. The normalized spacial score (nSPS) is 17.1. The molecule has 3 heterocycles. The van der Waals surface area contributed by atoms with E-state index in [2.05, 4.69) is 25.7 Å². The number of rotatable bonds is 4. The Balaban J connectivity index is 1.40. The summed E-state index contributed by atoms with van der Waals surface area (Å²) < 4.78 is 5.33. The first-order valence-electron chi connectivity index (χ1n) is 8.46. The average molecular weight is 327 g/mol. The highest BCUT2D eigenvalue weighted by atomic mass is 16.5. The Labute approximate surface area is 140 Å². The van der Waals surface area contributed by atoms with Gasteiger partial charge in [-0.1, -0.05) is 5.16 Å². The minimum atomic E-state index is -0.307. The fraction of sp³-hybridized carbons (Fsp3) is 0.471. The van der Waals surface area contributed by atoms with Gasteiger partial charge in [-0.2, -0.15) is 0 Å². The third-order valence-corrected chi connectivity index (χ3v) is 4.51. The minimum absolute atomic E-state index is 0.307. The Hall–Kier alpha value is -2.57. The Kier molecular flexibility index (Phi) is 3.84. The number of carbonyl (C=O) groups excluding carboxylic acids is 1. The van der Waals surface area contributed by atoms with Gasteiger partial charge in [-0.05, 0) is 44.7 Å². The summed E-state index contributed by atoms with van der Waals surface area (Å²) >= 11 is 0. The van der Waals surface area contributed by atoms with Crippen molar-refractivity contribution in [3.8, 4) is 0 Å². The maximum absolute atomic E-state index is 12.2. The number of aryl methyl sites for hydroxylation is 1. The third-order valence-electron chi connectivity index (χ3n) is 4.51. The topological polar surface area (TPSA) is 83.3 Å². The van der Waals surface area contributed by atoms with Crippen LogP contribution < -0.4 is 15.5 Å². The van der Waals surface area contributed by atoms with Gasteiger partial charge in [0.25, 0.3) is 0 Å². The van der Waals surface area contributed by atoms with Crippen LogP contribution in [0.1, 0.15) is 43.1 Å². The zero-order valence-electron chi connectivity index (χ0n) is 13.7. The van der Waals surface area contributed by atoms with Crippen LogP contribution in [-0.2, 0) is 0 Å². The molecular formula is C17H21N5O2. The van der Waals surface area contributed by atoms with Crippen LogP contribution in [0.15, 0.2) is 22.9 Å². The average Bonchev–Trinajstić information content (AvgIpc) is 3.14. The fourth-order valence-corrected chi connectivity index (χ4v) is 3.03. The molecule has 2 aliphatic rings. The number of aromatic nitrogens is 2. The number of carbonyl (C=O) groups is 1. The summed E-state index contributed by atoms with van der Waals surface area (Å²) in [6.45, 7) is 3.94. The van der Waals surface area contributed by atoms with Crippen molar-refractivity contribution < 1.29 is 9.32 Å². The molecule has 1 aliphatic heterocycles. The molecule has 0 atom stereocenters. The van der Waals surface area contributed by atoms with Gasteiger partial charge in [0.15, 0.2) is 5.76 Å². The molecule has 4 rings (SSSR count). The van der Waals surface area contributed by atoms with E-state index in [1.54, 1.807) is 6.20 Å². The van der Waals surface area contributed by atoms with E-state index in [1.165, 1.54) is 12.8 Å². The monoisotopic (exact) mass is 327 g/mol. The first-order chi connectivity index (χ1) is 11.7. The summed E-state index contributed by atoms with van der Waals surface area (Å²) in [5.74, 6) is 2.14. The second-order valence-electron chi connectivity index (χ2n) is 6.46. The fourth-order valence-electron chi connectivity index (χ4n) is 3.03. The summed E-state index contributed by atoms with van der Waals surface area (Å²) in [5.41, 5.74) is 2.06. The number of amides is 2.